The number of ether oxygens (including phenoxy) is 1. The van der Waals surface area contributed by atoms with Crippen LogP contribution in [0, 0.1) is 29.1 Å². The molecular formula is C16H23N3O4S. The van der Waals surface area contributed by atoms with E-state index in [0.717, 1.165) is 18.6 Å². The highest BCUT2D eigenvalue weighted by atomic mass is 32.2. The molecule has 2 N–H and O–H groups in total. The number of carbonyl (C=O) groups excluding carboxylic acids is 3. The smallest absolute Gasteiger partial charge is 0.413 e. The van der Waals surface area contributed by atoms with Crippen LogP contribution in [-0.2, 0) is 14.3 Å². The predicted molar refractivity (Wildman–Crippen MR) is 88.7 cm³/mol. The van der Waals surface area contributed by atoms with Gasteiger partial charge < -0.3 is 10.1 Å². The molecule has 2 aliphatic rings. The van der Waals surface area contributed by atoms with Gasteiger partial charge in [0.15, 0.2) is 0 Å². The van der Waals surface area contributed by atoms with E-state index in [0.29, 0.717) is 19.3 Å². The van der Waals surface area contributed by atoms with Crippen molar-refractivity contribution in [3.63, 3.8) is 0 Å². The monoisotopic (exact) mass is 353 g/mol. The molecular weight excluding hydrogens is 330 g/mol. The molecule has 1 aliphatic carbocycles. The lowest BCUT2D eigenvalue weighted by atomic mass is 9.82. The highest BCUT2D eigenvalue weighted by molar-refractivity contribution is 8.00. The third-order valence-electron chi connectivity index (χ3n) is 4.49. The molecule has 0 aromatic carbocycles. The molecule has 8 heteroatoms. The van der Waals surface area contributed by atoms with Gasteiger partial charge >= 0.3 is 6.09 Å². The van der Waals surface area contributed by atoms with Gasteiger partial charge in [-0.2, -0.15) is 5.26 Å². The van der Waals surface area contributed by atoms with Gasteiger partial charge in [-0.3, -0.25) is 14.9 Å². The minimum absolute atomic E-state index is 0.0537. The number of nitrogens with zero attached hydrogens (tertiary/aromatic N) is 1. The van der Waals surface area contributed by atoms with E-state index in [1.54, 1.807) is 6.92 Å². The first-order chi connectivity index (χ1) is 11.5. The quantitative estimate of drug-likeness (QED) is 0.797. The summed E-state index contributed by atoms with van der Waals surface area (Å²) in [5.41, 5.74) is 0. The lowest BCUT2D eigenvalue weighted by molar-refractivity contribution is -0.127. The first-order valence-electron chi connectivity index (χ1n) is 8.34. The third-order valence-corrected chi connectivity index (χ3v) is 5.77. The van der Waals surface area contributed by atoms with E-state index in [2.05, 4.69) is 16.7 Å². The average Bonchev–Trinajstić information content (AvgIpc) is 3.03. The topological polar surface area (TPSA) is 108 Å². The lowest BCUT2D eigenvalue weighted by Gasteiger charge is -2.26. The maximum absolute atomic E-state index is 12.4. The van der Waals surface area contributed by atoms with Gasteiger partial charge in [0.2, 0.25) is 11.8 Å². The second-order valence-electron chi connectivity index (χ2n) is 6.08. The van der Waals surface area contributed by atoms with Crippen LogP contribution < -0.4 is 10.6 Å². The van der Waals surface area contributed by atoms with Gasteiger partial charge in [0.05, 0.1) is 24.0 Å². The number of nitriles is 1. The van der Waals surface area contributed by atoms with Crippen LogP contribution in [0.15, 0.2) is 0 Å². The van der Waals surface area contributed by atoms with Crippen LogP contribution in [0.2, 0.25) is 0 Å². The second kappa shape index (κ2) is 8.92. The van der Waals surface area contributed by atoms with Crippen LogP contribution in [0.3, 0.4) is 0 Å². The summed E-state index contributed by atoms with van der Waals surface area (Å²) in [6.07, 6.45) is 2.78. The number of hydrogen-bond donors (Lipinski definition) is 2. The molecule has 0 bridgehead atoms. The van der Waals surface area contributed by atoms with Gasteiger partial charge in [-0.15, -0.1) is 11.8 Å². The van der Waals surface area contributed by atoms with E-state index in [1.165, 1.54) is 11.8 Å². The molecule has 24 heavy (non-hydrogen) atoms. The standard InChI is InChI=1S/C16H23N3O4S/c1-2-23-16(22)19-14(21)12-7-8-24-15(12)18-13(20)11-5-3-10(9-17)4-6-11/h10-12,15H,2-8H2,1H3,(H,18,20)(H,19,21,22). The number of thioether (sulfide) groups is 1. The maximum Gasteiger partial charge on any atom is 0.413 e. The average molecular weight is 353 g/mol. The number of imide groups is 1. The first kappa shape index (κ1) is 18.6. The van der Waals surface area contributed by atoms with Crippen molar-refractivity contribution in [3.05, 3.63) is 0 Å². The molecule has 0 aromatic heterocycles. The molecule has 2 fully saturated rings. The third kappa shape index (κ3) is 4.87. The zero-order chi connectivity index (χ0) is 17.5. The minimum Gasteiger partial charge on any atom is -0.450 e. The summed E-state index contributed by atoms with van der Waals surface area (Å²) < 4.78 is 4.71. The second-order valence-corrected chi connectivity index (χ2v) is 7.33. The fourth-order valence-corrected chi connectivity index (χ4v) is 4.44. The van der Waals surface area contributed by atoms with E-state index < -0.39 is 17.9 Å². The van der Waals surface area contributed by atoms with Crippen LogP contribution in [0.25, 0.3) is 0 Å². The lowest BCUT2D eigenvalue weighted by Crippen LogP contribution is -2.46. The molecule has 0 aromatic rings. The van der Waals surface area contributed by atoms with Crippen LogP contribution in [-0.4, -0.2) is 35.6 Å². The Morgan fingerprint density at radius 3 is 2.50 bits per heavy atom. The summed E-state index contributed by atoms with van der Waals surface area (Å²) in [6.45, 7) is 1.86. The highest BCUT2D eigenvalue weighted by Crippen LogP contribution is 2.33. The Morgan fingerprint density at radius 2 is 1.88 bits per heavy atom. The molecule has 1 aliphatic heterocycles. The Bertz CT molecular complexity index is 526. The largest absolute Gasteiger partial charge is 0.450 e. The van der Waals surface area contributed by atoms with E-state index in [-0.39, 0.29) is 29.7 Å². The molecule has 2 unspecified atom stereocenters. The number of alkyl carbamates (subject to hydrolysis) is 1. The van der Waals surface area contributed by atoms with Gasteiger partial charge in [-0.05, 0) is 44.8 Å². The molecule has 1 heterocycles. The summed E-state index contributed by atoms with van der Waals surface area (Å²) in [7, 11) is 0. The molecule has 2 rings (SSSR count). The molecule has 1 saturated heterocycles. The molecule has 0 spiro atoms. The normalized spacial score (nSPS) is 29.3. The predicted octanol–water partition coefficient (Wildman–Crippen LogP) is 1.78. The van der Waals surface area contributed by atoms with Crippen molar-refractivity contribution in [3.8, 4) is 6.07 Å². The van der Waals surface area contributed by atoms with Crippen molar-refractivity contribution < 1.29 is 19.1 Å². The van der Waals surface area contributed by atoms with Crippen molar-refractivity contribution in [1.29, 1.82) is 5.26 Å². The van der Waals surface area contributed by atoms with Gasteiger partial charge in [0, 0.05) is 11.8 Å². The molecule has 1 saturated carbocycles. The highest BCUT2D eigenvalue weighted by Gasteiger charge is 2.37. The van der Waals surface area contributed by atoms with Crippen molar-refractivity contribution in [2.75, 3.05) is 12.4 Å². The Morgan fingerprint density at radius 1 is 1.17 bits per heavy atom. The molecule has 3 amide bonds. The summed E-state index contributed by atoms with van der Waals surface area (Å²) in [5, 5.41) is 13.8. The zero-order valence-electron chi connectivity index (χ0n) is 13.7. The van der Waals surface area contributed by atoms with E-state index in [4.69, 9.17) is 10.00 Å². The Kier molecular flexibility index (Phi) is 6.91. The summed E-state index contributed by atoms with van der Waals surface area (Å²) >= 11 is 1.52. The molecule has 2 atom stereocenters. The Labute approximate surface area is 145 Å². The van der Waals surface area contributed by atoms with Crippen molar-refractivity contribution in [2.24, 2.45) is 17.8 Å². The number of hydrogen-bond acceptors (Lipinski definition) is 6. The van der Waals surface area contributed by atoms with Crippen LogP contribution in [0.4, 0.5) is 4.79 Å². The maximum atomic E-state index is 12.4. The van der Waals surface area contributed by atoms with Gasteiger partial charge in [-0.1, -0.05) is 0 Å². The molecule has 132 valence electrons. The Hall–Kier alpha value is -1.75. The van der Waals surface area contributed by atoms with Gasteiger partial charge in [0.25, 0.3) is 0 Å². The van der Waals surface area contributed by atoms with Crippen LogP contribution in [0.1, 0.15) is 39.0 Å². The van der Waals surface area contributed by atoms with Gasteiger partial charge in [0.1, 0.15) is 0 Å². The van der Waals surface area contributed by atoms with Crippen molar-refractivity contribution in [2.45, 2.75) is 44.4 Å². The number of carbonyl (C=O) groups is 3. The summed E-state index contributed by atoms with van der Waals surface area (Å²) in [4.78, 5) is 36.0. The van der Waals surface area contributed by atoms with Crippen LogP contribution >= 0.6 is 11.8 Å². The zero-order valence-corrected chi connectivity index (χ0v) is 14.6. The number of nitrogens with one attached hydrogen (secondary N) is 2. The van der Waals surface area contributed by atoms with Gasteiger partial charge in [-0.25, -0.2) is 4.79 Å². The number of rotatable bonds is 4. The SMILES string of the molecule is CCOC(=O)NC(=O)C1CCSC1NC(=O)C1CCC(C#N)CC1. The fourth-order valence-electron chi connectivity index (χ4n) is 3.10. The summed E-state index contributed by atoms with van der Waals surface area (Å²) in [6, 6.07) is 2.25. The molecule has 0 radical (unpaired) electrons. The number of amides is 3. The van der Waals surface area contributed by atoms with Crippen LogP contribution in [0.5, 0.6) is 0 Å². The van der Waals surface area contributed by atoms with E-state index in [9.17, 15) is 14.4 Å². The minimum atomic E-state index is -0.751. The first-order valence-corrected chi connectivity index (χ1v) is 9.39. The summed E-state index contributed by atoms with van der Waals surface area (Å²) in [5.74, 6) is -0.175. The van der Waals surface area contributed by atoms with Crippen molar-refractivity contribution in [1.82, 2.24) is 10.6 Å². The van der Waals surface area contributed by atoms with E-state index >= 15 is 0 Å². The van der Waals surface area contributed by atoms with E-state index in [1.807, 2.05) is 0 Å². The molecule has 7 nitrogen and oxygen atoms in total. The van der Waals surface area contributed by atoms with Crippen molar-refractivity contribution >= 4 is 29.7 Å². The Balaban J connectivity index is 1.84. The fraction of sp³-hybridized carbons (Fsp3) is 0.750.